The highest BCUT2D eigenvalue weighted by Gasteiger charge is 2.44. The summed E-state index contributed by atoms with van der Waals surface area (Å²) in [6.07, 6.45) is 6.23. The van der Waals surface area contributed by atoms with Crippen molar-refractivity contribution in [2.24, 2.45) is 0 Å². The summed E-state index contributed by atoms with van der Waals surface area (Å²) in [5.41, 5.74) is 3.37. The van der Waals surface area contributed by atoms with Crippen LogP contribution in [-0.4, -0.2) is 4.98 Å². The van der Waals surface area contributed by atoms with Crippen molar-refractivity contribution in [2.75, 3.05) is 0 Å². The highest BCUT2D eigenvalue weighted by atomic mass is 16.5. The molecule has 1 aromatic heterocycles. The Labute approximate surface area is 93.6 Å². The summed E-state index contributed by atoms with van der Waals surface area (Å²) in [4.78, 5) is 4.49. The van der Waals surface area contributed by atoms with Crippen molar-refractivity contribution in [3.63, 3.8) is 0 Å². The van der Waals surface area contributed by atoms with Gasteiger partial charge in [-0.05, 0) is 24.6 Å². The second kappa shape index (κ2) is 2.53. The molecule has 0 amide bonds. The van der Waals surface area contributed by atoms with Gasteiger partial charge >= 0.3 is 0 Å². The smallest absolute Gasteiger partial charge is 0.110 e. The van der Waals surface area contributed by atoms with Crippen LogP contribution in [0.5, 0.6) is 0 Å². The number of hydrogen-bond donors (Lipinski definition) is 0. The third-order valence-corrected chi connectivity index (χ3v) is 3.59. The van der Waals surface area contributed by atoms with E-state index < -0.39 is 0 Å². The average molecular weight is 209 g/mol. The molecule has 2 nitrogen and oxygen atoms in total. The van der Waals surface area contributed by atoms with E-state index in [4.69, 9.17) is 4.74 Å². The van der Waals surface area contributed by atoms with Crippen LogP contribution in [0.25, 0.3) is 10.9 Å². The van der Waals surface area contributed by atoms with Gasteiger partial charge in [-0.15, -0.1) is 0 Å². The number of pyridine rings is 1. The first-order valence-electron chi connectivity index (χ1n) is 5.53. The number of hydrogen-bond acceptors (Lipinski definition) is 2. The molecule has 16 heavy (non-hydrogen) atoms. The average Bonchev–Trinajstić information content (AvgIpc) is 2.83. The standard InChI is InChI=1S/C14H11NO/c1-14-7-6-11(16-14)12-10(14)5-4-9-3-2-8-15-13(9)12/h2-8,11H,1H3. The van der Waals surface area contributed by atoms with Gasteiger partial charge in [-0.2, -0.15) is 0 Å². The van der Waals surface area contributed by atoms with Crippen LogP contribution < -0.4 is 0 Å². The summed E-state index contributed by atoms with van der Waals surface area (Å²) < 4.78 is 5.99. The van der Waals surface area contributed by atoms with E-state index in [1.54, 1.807) is 0 Å². The minimum Gasteiger partial charge on any atom is -0.354 e. The van der Waals surface area contributed by atoms with Crippen molar-refractivity contribution in [3.8, 4) is 0 Å². The van der Waals surface area contributed by atoms with E-state index in [0.717, 1.165) is 5.52 Å². The summed E-state index contributed by atoms with van der Waals surface area (Å²) in [5, 5.41) is 1.19. The van der Waals surface area contributed by atoms with Gasteiger partial charge in [0.25, 0.3) is 0 Å². The van der Waals surface area contributed by atoms with Crippen LogP contribution in [0.2, 0.25) is 0 Å². The minimum atomic E-state index is -0.230. The van der Waals surface area contributed by atoms with Crippen molar-refractivity contribution in [3.05, 3.63) is 53.7 Å². The van der Waals surface area contributed by atoms with Gasteiger partial charge in [0.05, 0.1) is 5.52 Å². The Kier molecular flexibility index (Phi) is 1.34. The van der Waals surface area contributed by atoms with E-state index in [-0.39, 0.29) is 11.7 Å². The second-order valence-corrected chi connectivity index (χ2v) is 4.61. The van der Waals surface area contributed by atoms with Crippen LogP contribution in [0.3, 0.4) is 0 Å². The Hall–Kier alpha value is -1.67. The lowest BCUT2D eigenvalue weighted by atomic mass is 9.87. The number of fused-ring (bicyclic) bond motifs is 7. The molecule has 0 aliphatic carbocycles. The molecule has 2 aliphatic rings. The molecule has 0 spiro atoms. The van der Waals surface area contributed by atoms with Gasteiger partial charge in [-0.25, -0.2) is 0 Å². The molecule has 78 valence electrons. The summed E-state index contributed by atoms with van der Waals surface area (Å²) >= 11 is 0. The third kappa shape index (κ3) is 0.843. The summed E-state index contributed by atoms with van der Waals surface area (Å²) in [6, 6.07) is 8.37. The maximum absolute atomic E-state index is 5.99. The molecule has 4 rings (SSSR count). The highest BCUT2D eigenvalue weighted by molar-refractivity contribution is 5.85. The zero-order chi connectivity index (χ0) is 10.8. The minimum absolute atomic E-state index is 0.0959. The Morgan fingerprint density at radius 2 is 2.25 bits per heavy atom. The van der Waals surface area contributed by atoms with E-state index in [1.807, 2.05) is 12.3 Å². The lowest BCUT2D eigenvalue weighted by Crippen LogP contribution is -2.14. The van der Waals surface area contributed by atoms with E-state index >= 15 is 0 Å². The van der Waals surface area contributed by atoms with E-state index in [0.29, 0.717) is 0 Å². The SMILES string of the molecule is CC12C=CC(O1)c1c2ccc2cccnc12. The first-order valence-corrected chi connectivity index (χ1v) is 5.53. The van der Waals surface area contributed by atoms with Crippen LogP contribution in [0.1, 0.15) is 24.2 Å². The molecule has 2 atom stereocenters. The molecule has 2 bridgehead atoms. The molecule has 1 aromatic carbocycles. The fourth-order valence-corrected chi connectivity index (χ4v) is 2.81. The predicted octanol–water partition coefficient (Wildman–Crippen LogP) is 3.09. The Balaban J connectivity index is 2.16. The summed E-state index contributed by atoms with van der Waals surface area (Å²) in [5.74, 6) is 0. The third-order valence-electron chi connectivity index (χ3n) is 3.59. The van der Waals surface area contributed by atoms with Gasteiger partial charge in [0.1, 0.15) is 11.7 Å². The number of nitrogens with zero attached hydrogens (tertiary/aromatic N) is 1. The van der Waals surface area contributed by atoms with Crippen molar-refractivity contribution in [1.82, 2.24) is 4.98 Å². The molecule has 0 radical (unpaired) electrons. The van der Waals surface area contributed by atoms with Crippen LogP contribution in [-0.2, 0) is 10.3 Å². The largest absolute Gasteiger partial charge is 0.354 e. The molecular formula is C14H11NO. The van der Waals surface area contributed by atoms with Crippen LogP contribution in [0, 0.1) is 0 Å². The predicted molar refractivity (Wildman–Crippen MR) is 62.1 cm³/mol. The van der Waals surface area contributed by atoms with Crippen LogP contribution >= 0.6 is 0 Å². The number of ether oxygens (including phenoxy) is 1. The first kappa shape index (κ1) is 8.48. The van der Waals surface area contributed by atoms with Gasteiger partial charge in [-0.1, -0.05) is 24.3 Å². The van der Waals surface area contributed by atoms with Crippen molar-refractivity contribution in [2.45, 2.75) is 18.6 Å². The van der Waals surface area contributed by atoms with Gasteiger partial charge in [0.15, 0.2) is 0 Å². The second-order valence-electron chi connectivity index (χ2n) is 4.61. The summed E-state index contributed by atoms with van der Waals surface area (Å²) in [7, 11) is 0. The van der Waals surface area contributed by atoms with Crippen molar-refractivity contribution in [1.29, 1.82) is 0 Å². The highest BCUT2D eigenvalue weighted by Crippen LogP contribution is 2.51. The molecule has 0 N–H and O–H groups in total. The zero-order valence-corrected chi connectivity index (χ0v) is 8.97. The van der Waals surface area contributed by atoms with Crippen LogP contribution in [0.15, 0.2) is 42.6 Å². The Morgan fingerprint density at radius 3 is 3.19 bits per heavy atom. The number of rotatable bonds is 0. The molecule has 0 saturated carbocycles. The maximum Gasteiger partial charge on any atom is 0.110 e. The van der Waals surface area contributed by atoms with Crippen LogP contribution in [0.4, 0.5) is 0 Å². The fourth-order valence-electron chi connectivity index (χ4n) is 2.81. The summed E-state index contributed by atoms with van der Waals surface area (Å²) in [6.45, 7) is 2.12. The Morgan fingerprint density at radius 1 is 1.31 bits per heavy atom. The molecule has 2 aromatic rings. The number of aromatic nitrogens is 1. The molecule has 2 unspecified atom stereocenters. The molecule has 2 aliphatic heterocycles. The van der Waals surface area contributed by atoms with E-state index in [9.17, 15) is 0 Å². The van der Waals surface area contributed by atoms with Gasteiger partial charge in [0.2, 0.25) is 0 Å². The molecule has 0 fully saturated rings. The normalized spacial score (nSPS) is 29.9. The topological polar surface area (TPSA) is 22.1 Å². The van der Waals surface area contributed by atoms with E-state index in [2.05, 4.69) is 42.3 Å². The quantitative estimate of drug-likeness (QED) is 0.622. The molecule has 0 saturated heterocycles. The van der Waals surface area contributed by atoms with Crippen molar-refractivity contribution >= 4 is 10.9 Å². The Bertz CT molecular complexity index is 632. The zero-order valence-electron chi connectivity index (χ0n) is 8.97. The first-order chi connectivity index (χ1) is 7.78. The fraction of sp³-hybridized carbons (Fsp3) is 0.214. The maximum atomic E-state index is 5.99. The lowest BCUT2D eigenvalue weighted by Gasteiger charge is -2.18. The van der Waals surface area contributed by atoms with Gasteiger partial charge in [-0.3, -0.25) is 4.98 Å². The molecule has 3 heterocycles. The number of benzene rings is 1. The lowest BCUT2D eigenvalue weighted by molar-refractivity contribution is 0.0115. The van der Waals surface area contributed by atoms with E-state index in [1.165, 1.54) is 16.5 Å². The van der Waals surface area contributed by atoms with Gasteiger partial charge < -0.3 is 4.74 Å². The van der Waals surface area contributed by atoms with Crippen molar-refractivity contribution < 1.29 is 4.74 Å². The molecular weight excluding hydrogens is 198 g/mol. The monoisotopic (exact) mass is 209 g/mol. The molecule has 2 heteroatoms. The van der Waals surface area contributed by atoms with Gasteiger partial charge in [0, 0.05) is 17.1 Å².